The molecule has 0 aliphatic carbocycles. The topological polar surface area (TPSA) is 24.9 Å². The Bertz CT molecular complexity index is 294. The van der Waals surface area contributed by atoms with Gasteiger partial charge < -0.3 is 5.32 Å². The zero-order valence-electron chi connectivity index (χ0n) is 9.16. The second kappa shape index (κ2) is 7.25. The second-order valence-corrected chi connectivity index (χ2v) is 5.34. The molecule has 0 aliphatic heterocycles. The number of thioether (sulfide) groups is 1. The lowest BCUT2D eigenvalue weighted by Crippen LogP contribution is -2.27. The first-order valence-electron chi connectivity index (χ1n) is 5.20. The fourth-order valence-electron chi connectivity index (χ4n) is 1.07. The number of nitrogens with zero attached hydrogens (tertiary/aromatic N) is 1. The van der Waals surface area contributed by atoms with Crippen LogP contribution in [-0.2, 0) is 0 Å². The highest BCUT2D eigenvalue weighted by atomic mass is 79.9. The summed E-state index contributed by atoms with van der Waals surface area (Å²) in [5.74, 6) is 1.06. The van der Waals surface area contributed by atoms with E-state index in [1.807, 2.05) is 18.3 Å². The van der Waals surface area contributed by atoms with E-state index in [0.717, 1.165) is 21.8 Å². The van der Waals surface area contributed by atoms with E-state index in [4.69, 9.17) is 0 Å². The molecular weight excluding hydrogens is 272 g/mol. The van der Waals surface area contributed by atoms with Crippen LogP contribution in [0.5, 0.6) is 0 Å². The second-order valence-electron chi connectivity index (χ2n) is 3.40. The molecule has 1 aromatic heterocycles. The molecule has 15 heavy (non-hydrogen) atoms. The number of hydrogen-bond donors (Lipinski definition) is 1. The van der Waals surface area contributed by atoms with E-state index in [0.29, 0.717) is 6.04 Å². The third kappa shape index (κ3) is 5.00. The molecule has 0 aromatic carbocycles. The SMILES string of the molecule is CCC(C)NCCSc1ncccc1Br. The third-order valence-electron chi connectivity index (χ3n) is 2.17. The van der Waals surface area contributed by atoms with Crippen LogP contribution < -0.4 is 5.32 Å². The van der Waals surface area contributed by atoms with Crippen molar-refractivity contribution in [3.05, 3.63) is 22.8 Å². The molecule has 1 aromatic rings. The molecule has 1 rings (SSSR count). The molecule has 1 unspecified atom stereocenters. The summed E-state index contributed by atoms with van der Waals surface area (Å²) < 4.78 is 1.08. The van der Waals surface area contributed by atoms with Crippen LogP contribution in [0.25, 0.3) is 0 Å². The number of rotatable bonds is 6. The summed E-state index contributed by atoms with van der Waals surface area (Å²) in [5.41, 5.74) is 0. The summed E-state index contributed by atoms with van der Waals surface area (Å²) in [7, 11) is 0. The van der Waals surface area contributed by atoms with Crippen molar-refractivity contribution in [2.45, 2.75) is 31.3 Å². The third-order valence-corrected chi connectivity index (χ3v) is 4.08. The van der Waals surface area contributed by atoms with Gasteiger partial charge in [0, 0.05) is 29.0 Å². The average molecular weight is 289 g/mol. The first kappa shape index (κ1) is 13.0. The minimum absolute atomic E-state index is 0.609. The quantitative estimate of drug-likeness (QED) is 0.642. The highest BCUT2D eigenvalue weighted by Crippen LogP contribution is 2.23. The van der Waals surface area contributed by atoms with Gasteiger partial charge in [-0.15, -0.1) is 11.8 Å². The lowest BCUT2D eigenvalue weighted by atomic mass is 10.3. The molecule has 0 fully saturated rings. The molecule has 0 saturated heterocycles. The van der Waals surface area contributed by atoms with Crippen molar-refractivity contribution < 1.29 is 0 Å². The fraction of sp³-hybridized carbons (Fsp3) is 0.545. The van der Waals surface area contributed by atoms with Crippen LogP contribution in [0.2, 0.25) is 0 Å². The van der Waals surface area contributed by atoms with E-state index >= 15 is 0 Å². The van der Waals surface area contributed by atoms with Gasteiger partial charge in [-0.3, -0.25) is 0 Å². The maximum Gasteiger partial charge on any atom is 0.110 e. The molecule has 1 N–H and O–H groups in total. The summed E-state index contributed by atoms with van der Waals surface area (Å²) in [5, 5.41) is 4.53. The number of halogens is 1. The average Bonchev–Trinajstić information content (AvgIpc) is 2.26. The van der Waals surface area contributed by atoms with Crippen molar-refractivity contribution in [2.75, 3.05) is 12.3 Å². The minimum atomic E-state index is 0.609. The van der Waals surface area contributed by atoms with Gasteiger partial charge in [-0.2, -0.15) is 0 Å². The first-order valence-corrected chi connectivity index (χ1v) is 6.98. The zero-order chi connectivity index (χ0) is 11.1. The van der Waals surface area contributed by atoms with Crippen molar-refractivity contribution in [3.8, 4) is 0 Å². The van der Waals surface area contributed by atoms with Crippen molar-refractivity contribution in [1.82, 2.24) is 10.3 Å². The van der Waals surface area contributed by atoms with Crippen LogP contribution in [-0.4, -0.2) is 23.3 Å². The van der Waals surface area contributed by atoms with E-state index in [-0.39, 0.29) is 0 Å². The summed E-state index contributed by atoms with van der Waals surface area (Å²) in [6.07, 6.45) is 3.01. The van der Waals surface area contributed by atoms with Gasteiger partial charge in [0.1, 0.15) is 5.03 Å². The molecule has 0 spiro atoms. The Balaban J connectivity index is 2.23. The maximum atomic E-state index is 4.30. The molecule has 0 aliphatic rings. The number of nitrogens with one attached hydrogen (secondary N) is 1. The van der Waals surface area contributed by atoms with E-state index < -0.39 is 0 Å². The Kier molecular flexibility index (Phi) is 6.29. The van der Waals surface area contributed by atoms with Gasteiger partial charge in [0.25, 0.3) is 0 Å². The first-order chi connectivity index (χ1) is 7.24. The molecule has 2 nitrogen and oxygen atoms in total. The Morgan fingerprint density at radius 2 is 2.40 bits per heavy atom. The predicted molar refractivity (Wildman–Crippen MR) is 70.4 cm³/mol. The van der Waals surface area contributed by atoms with E-state index in [2.05, 4.69) is 40.1 Å². The molecule has 4 heteroatoms. The Hall–Kier alpha value is -0.0600. The van der Waals surface area contributed by atoms with Gasteiger partial charge >= 0.3 is 0 Å². The normalized spacial score (nSPS) is 12.7. The Labute approximate surface area is 104 Å². The molecule has 0 amide bonds. The number of pyridine rings is 1. The van der Waals surface area contributed by atoms with Gasteiger partial charge in [-0.25, -0.2) is 4.98 Å². The van der Waals surface area contributed by atoms with Gasteiger partial charge in [-0.05, 0) is 41.4 Å². The summed E-state index contributed by atoms with van der Waals surface area (Å²) in [4.78, 5) is 4.30. The van der Waals surface area contributed by atoms with E-state index in [1.54, 1.807) is 11.8 Å². The van der Waals surface area contributed by atoms with Crippen molar-refractivity contribution in [3.63, 3.8) is 0 Å². The van der Waals surface area contributed by atoms with Crippen LogP contribution in [0, 0.1) is 0 Å². The van der Waals surface area contributed by atoms with Gasteiger partial charge in [-0.1, -0.05) is 6.92 Å². The zero-order valence-corrected chi connectivity index (χ0v) is 11.6. The van der Waals surface area contributed by atoms with Crippen molar-refractivity contribution >= 4 is 27.7 Å². The standard InChI is InChI=1S/C11H17BrN2S/c1-3-9(2)13-7-8-15-11-10(12)5-4-6-14-11/h4-6,9,13H,3,7-8H2,1-2H3. The highest BCUT2D eigenvalue weighted by Gasteiger charge is 2.01. The minimum Gasteiger partial charge on any atom is -0.313 e. The van der Waals surface area contributed by atoms with E-state index in [1.165, 1.54) is 6.42 Å². The van der Waals surface area contributed by atoms with Crippen LogP contribution >= 0.6 is 27.7 Å². The predicted octanol–water partition coefficient (Wildman–Crippen LogP) is 3.32. The summed E-state index contributed by atoms with van der Waals surface area (Å²) in [6, 6.07) is 4.57. The lowest BCUT2D eigenvalue weighted by molar-refractivity contribution is 0.555. The monoisotopic (exact) mass is 288 g/mol. The van der Waals surface area contributed by atoms with Crippen LogP contribution in [0.1, 0.15) is 20.3 Å². The van der Waals surface area contributed by atoms with Crippen molar-refractivity contribution in [2.24, 2.45) is 0 Å². The Morgan fingerprint density at radius 3 is 3.07 bits per heavy atom. The molecular formula is C11H17BrN2S. The maximum absolute atomic E-state index is 4.30. The lowest BCUT2D eigenvalue weighted by Gasteiger charge is -2.10. The summed E-state index contributed by atoms with van der Waals surface area (Å²) >= 11 is 5.27. The van der Waals surface area contributed by atoms with Crippen molar-refractivity contribution in [1.29, 1.82) is 0 Å². The number of hydrogen-bond acceptors (Lipinski definition) is 3. The summed E-state index contributed by atoms with van der Waals surface area (Å²) in [6.45, 7) is 5.43. The van der Waals surface area contributed by atoms with Gasteiger partial charge in [0.05, 0.1) is 0 Å². The molecule has 1 atom stereocenters. The highest BCUT2D eigenvalue weighted by molar-refractivity contribution is 9.10. The Morgan fingerprint density at radius 1 is 1.60 bits per heavy atom. The molecule has 0 radical (unpaired) electrons. The van der Waals surface area contributed by atoms with Gasteiger partial charge in [0.15, 0.2) is 0 Å². The fourth-order valence-corrected chi connectivity index (χ4v) is 2.43. The largest absolute Gasteiger partial charge is 0.313 e. The molecule has 0 bridgehead atoms. The molecule has 0 saturated carbocycles. The van der Waals surface area contributed by atoms with Gasteiger partial charge in [0.2, 0.25) is 0 Å². The number of aromatic nitrogens is 1. The van der Waals surface area contributed by atoms with Crippen LogP contribution in [0.15, 0.2) is 27.8 Å². The van der Waals surface area contributed by atoms with E-state index in [9.17, 15) is 0 Å². The molecule has 1 heterocycles. The molecule has 84 valence electrons. The van der Waals surface area contributed by atoms with Crippen LogP contribution in [0.3, 0.4) is 0 Å². The van der Waals surface area contributed by atoms with Crippen LogP contribution in [0.4, 0.5) is 0 Å². The smallest absolute Gasteiger partial charge is 0.110 e.